The maximum absolute atomic E-state index is 12.4. The quantitative estimate of drug-likeness (QED) is 0.863. The topological polar surface area (TPSA) is 54.0 Å². The van der Waals surface area contributed by atoms with E-state index >= 15 is 0 Å². The van der Waals surface area contributed by atoms with E-state index < -0.39 is 0 Å². The number of anilines is 1. The first-order valence-electron chi connectivity index (χ1n) is 9.77. The van der Waals surface area contributed by atoms with Crippen molar-refractivity contribution < 1.29 is 14.3 Å². The Morgan fingerprint density at radius 2 is 1.71 bits per heavy atom. The third kappa shape index (κ3) is 4.46. The van der Waals surface area contributed by atoms with E-state index in [1.807, 2.05) is 32.0 Å². The van der Waals surface area contributed by atoms with Gasteiger partial charge in [-0.3, -0.25) is 14.6 Å². The minimum atomic E-state index is 0.0536. The average Bonchev–Trinajstić information content (AvgIpc) is 3.14. The molecule has 0 atom stereocenters. The molecule has 0 saturated carbocycles. The SMILES string of the molecule is Cc1ccc(C)c(NC(=O)CN2CCN(Cc3ccc4c(c3)OCO4)CC2)c1. The summed E-state index contributed by atoms with van der Waals surface area (Å²) in [5.74, 6) is 1.71. The Balaban J connectivity index is 1.25. The first kappa shape index (κ1) is 18.8. The Bertz CT molecular complexity index is 860. The minimum Gasteiger partial charge on any atom is -0.454 e. The highest BCUT2D eigenvalue weighted by Gasteiger charge is 2.20. The van der Waals surface area contributed by atoms with E-state index in [0.29, 0.717) is 13.3 Å². The van der Waals surface area contributed by atoms with Gasteiger partial charge in [0.15, 0.2) is 11.5 Å². The summed E-state index contributed by atoms with van der Waals surface area (Å²) >= 11 is 0. The summed E-state index contributed by atoms with van der Waals surface area (Å²) in [7, 11) is 0. The number of aryl methyl sites for hydroxylation is 2. The minimum absolute atomic E-state index is 0.0536. The molecule has 2 aliphatic rings. The number of amides is 1. The Morgan fingerprint density at radius 1 is 0.964 bits per heavy atom. The van der Waals surface area contributed by atoms with Gasteiger partial charge in [-0.1, -0.05) is 18.2 Å². The summed E-state index contributed by atoms with van der Waals surface area (Å²) in [5, 5.41) is 3.05. The molecule has 0 spiro atoms. The first-order chi connectivity index (χ1) is 13.6. The van der Waals surface area contributed by atoms with Crippen LogP contribution in [0.25, 0.3) is 0 Å². The van der Waals surface area contributed by atoms with Crippen molar-refractivity contribution in [1.82, 2.24) is 9.80 Å². The normalized spacial score (nSPS) is 16.9. The fourth-order valence-electron chi connectivity index (χ4n) is 3.67. The summed E-state index contributed by atoms with van der Waals surface area (Å²) in [6, 6.07) is 12.3. The highest BCUT2D eigenvalue weighted by molar-refractivity contribution is 5.93. The standard InChI is InChI=1S/C22H27N3O3/c1-16-3-4-17(2)19(11-16)23-22(26)14-25-9-7-24(8-10-25)13-18-5-6-20-21(12-18)28-15-27-20/h3-6,11-12H,7-10,13-15H2,1-2H3,(H,23,26). The monoisotopic (exact) mass is 381 g/mol. The van der Waals surface area contributed by atoms with E-state index in [-0.39, 0.29) is 5.91 Å². The second-order valence-electron chi connectivity index (χ2n) is 7.61. The van der Waals surface area contributed by atoms with Gasteiger partial charge in [0.25, 0.3) is 0 Å². The lowest BCUT2D eigenvalue weighted by Crippen LogP contribution is -2.48. The summed E-state index contributed by atoms with van der Waals surface area (Å²) in [6.45, 7) is 9.37. The smallest absolute Gasteiger partial charge is 0.238 e. The molecule has 0 bridgehead atoms. The Kier molecular flexibility index (Phi) is 5.50. The predicted octanol–water partition coefficient (Wildman–Crippen LogP) is 2.79. The van der Waals surface area contributed by atoms with E-state index in [2.05, 4.69) is 33.3 Å². The Hall–Kier alpha value is -2.57. The van der Waals surface area contributed by atoms with Crippen molar-refractivity contribution in [2.75, 3.05) is 44.8 Å². The number of piperazine rings is 1. The lowest BCUT2D eigenvalue weighted by Gasteiger charge is -2.34. The van der Waals surface area contributed by atoms with Crippen LogP contribution in [0.3, 0.4) is 0 Å². The van der Waals surface area contributed by atoms with Crippen LogP contribution in [0.5, 0.6) is 11.5 Å². The zero-order valence-corrected chi connectivity index (χ0v) is 16.5. The van der Waals surface area contributed by atoms with Crippen molar-refractivity contribution in [3.05, 3.63) is 53.1 Å². The number of carbonyl (C=O) groups excluding carboxylic acids is 1. The molecule has 0 radical (unpaired) electrons. The second-order valence-corrected chi connectivity index (χ2v) is 7.61. The molecule has 2 aliphatic heterocycles. The number of rotatable bonds is 5. The van der Waals surface area contributed by atoms with Gasteiger partial charge in [0.2, 0.25) is 12.7 Å². The van der Waals surface area contributed by atoms with Crippen molar-refractivity contribution in [1.29, 1.82) is 0 Å². The van der Waals surface area contributed by atoms with Crippen molar-refractivity contribution >= 4 is 11.6 Å². The number of hydrogen-bond acceptors (Lipinski definition) is 5. The summed E-state index contributed by atoms with van der Waals surface area (Å²) < 4.78 is 10.8. The van der Waals surface area contributed by atoms with Crippen LogP contribution in [0.1, 0.15) is 16.7 Å². The molecule has 2 aromatic rings. The second kappa shape index (κ2) is 8.20. The maximum Gasteiger partial charge on any atom is 0.238 e. The fraction of sp³-hybridized carbons (Fsp3) is 0.409. The predicted molar refractivity (Wildman–Crippen MR) is 109 cm³/mol. The van der Waals surface area contributed by atoms with Crippen molar-refractivity contribution in [3.63, 3.8) is 0 Å². The molecule has 1 amide bonds. The largest absolute Gasteiger partial charge is 0.454 e. The average molecular weight is 381 g/mol. The zero-order chi connectivity index (χ0) is 19.5. The number of hydrogen-bond donors (Lipinski definition) is 1. The van der Waals surface area contributed by atoms with Crippen LogP contribution < -0.4 is 14.8 Å². The van der Waals surface area contributed by atoms with E-state index in [9.17, 15) is 4.79 Å². The lowest BCUT2D eigenvalue weighted by molar-refractivity contribution is -0.117. The molecule has 6 nitrogen and oxygen atoms in total. The fourth-order valence-corrected chi connectivity index (χ4v) is 3.67. The van der Waals surface area contributed by atoms with Crippen molar-refractivity contribution in [2.45, 2.75) is 20.4 Å². The third-order valence-corrected chi connectivity index (χ3v) is 5.34. The molecule has 0 unspecified atom stereocenters. The van der Waals surface area contributed by atoms with Gasteiger partial charge in [-0.05, 0) is 48.7 Å². The number of nitrogens with zero attached hydrogens (tertiary/aromatic N) is 2. The van der Waals surface area contributed by atoms with E-state index in [1.165, 1.54) is 5.56 Å². The number of fused-ring (bicyclic) bond motifs is 1. The zero-order valence-electron chi connectivity index (χ0n) is 16.5. The van der Waals surface area contributed by atoms with Gasteiger partial charge in [0, 0.05) is 38.4 Å². The molecule has 1 fully saturated rings. The van der Waals surface area contributed by atoms with Gasteiger partial charge < -0.3 is 14.8 Å². The summed E-state index contributed by atoms with van der Waals surface area (Å²) in [4.78, 5) is 17.1. The van der Waals surface area contributed by atoms with Crippen LogP contribution >= 0.6 is 0 Å². The Morgan fingerprint density at radius 3 is 2.54 bits per heavy atom. The highest BCUT2D eigenvalue weighted by Crippen LogP contribution is 2.32. The number of carbonyl (C=O) groups is 1. The molecule has 0 aliphatic carbocycles. The molecular formula is C22H27N3O3. The van der Waals surface area contributed by atoms with Gasteiger partial charge in [-0.25, -0.2) is 0 Å². The van der Waals surface area contributed by atoms with Crippen LogP contribution in [0.4, 0.5) is 5.69 Å². The Labute approximate surface area is 166 Å². The van der Waals surface area contributed by atoms with Crippen molar-refractivity contribution in [2.24, 2.45) is 0 Å². The molecular weight excluding hydrogens is 354 g/mol. The summed E-state index contributed by atoms with van der Waals surface area (Å²) in [6.07, 6.45) is 0. The van der Waals surface area contributed by atoms with E-state index in [0.717, 1.165) is 61.0 Å². The van der Waals surface area contributed by atoms with Gasteiger partial charge >= 0.3 is 0 Å². The molecule has 6 heteroatoms. The third-order valence-electron chi connectivity index (χ3n) is 5.34. The molecule has 1 saturated heterocycles. The number of benzene rings is 2. The first-order valence-corrected chi connectivity index (χ1v) is 9.77. The van der Waals surface area contributed by atoms with Crippen LogP contribution in [0.2, 0.25) is 0 Å². The van der Waals surface area contributed by atoms with Crippen LogP contribution in [0.15, 0.2) is 36.4 Å². The van der Waals surface area contributed by atoms with E-state index in [1.54, 1.807) is 0 Å². The van der Waals surface area contributed by atoms with Crippen LogP contribution in [0, 0.1) is 13.8 Å². The molecule has 28 heavy (non-hydrogen) atoms. The van der Waals surface area contributed by atoms with Crippen LogP contribution in [-0.4, -0.2) is 55.2 Å². The number of ether oxygens (including phenoxy) is 2. The highest BCUT2D eigenvalue weighted by atomic mass is 16.7. The molecule has 2 heterocycles. The molecule has 2 aromatic carbocycles. The lowest BCUT2D eigenvalue weighted by atomic mass is 10.1. The van der Waals surface area contributed by atoms with Gasteiger partial charge in [0.1, 0.15) is 0 Å². The molecule has 0 aromatic heterocycles. The van der Waals surface area contributed by atoms with Crippen molar-refractivity contribution in [3.8, 4) is 11.5 Å². The van der Waals surface area contributed by atoms with Gasteiger partial charge in [0.05, 0.1) is 6.54 Å². The molecule has 1 N–H and O–H groups in total. The van der Waals surface area contributed by atoms with Gasteiger partial charge in [-0.2, -0.15) is 0 Å². The number of nitrogens with one attached hydrogen (secondary N) is 1. The van der Waals surface area contributed by atoms with Crippen LogP contribution in [-0.2, 0) is 11.3 Å². The maximum atomic E-state index is 12.4. The van der Waals surface area contributed by atoms with Gasteiger partial charge in [-0.15, -0.1) is 0 Å². The van der Waals surface area contributed by atoms with E-state index in [4.69, 9.17) is 9.47 Å². The summed E-state index contributed by atoms with van der Waals surface area (Å²) in [5.41, 5.74) is 4.38. The molecule has 148 valence electrons. The molecule has 4 rings (SSSR count).